The monoisotopic (exact) mass is 592 g/mol. The molecule has 8 nitrogen and oxygen atoms in total. The predicted molar refractivity (Wildman–Crippen MR) is 145 cm³/mol. The molecule has 3 heterocycles. The fourth-order valence-electron chi connectivity index (χ4n) is 5.12. The number of nitrogens with zero attached hydrogens (tertiary/aromatic N) is 4. The number of hydrogen-bond donors (Lipinski definition) is 0. The number of benzene rings is 2. The highest BCUT2D eigenvalue weighted by atomic mass is 35.5. The Morgan fingerprint density at radius 3 is 2.58 bits per heavy atom. The molecular weight excluding hydrogens is 569 g/mol. The van der Waals surface area contributed by atoms with Crippen molar-refractivity contribution in [1.29, 1.82) is 0 Å². The normalized spacial score (nSPS) is 19.1. The maximum Gasteiger partial charge on any atom is 0.416 e. The smallest absolute Gasteiger partial charge is 0.416 e. The van der Waals surface area contributed by atoms with Crippen LogP contribution >= 0.6 is 23.4 Å². The van der Waals surface area contributed by atoms with Crippen molar-refractivity contribution in [2.75, 3.05) is 27.2 Å². The number of ether oxygens (including phenoxy) is 1. The van der Waals surface area contributed by atoms with Crippen molar-refractivity contribution >= 4 is 57.5 Å². The SMILES string of the molecule is COC(=O)C1(N2C(=O)S/C(=C\c3ccc4c(cnn4Cc4ccc(Cl)cc4C(F)(F)F)c3)C2=O)CCN(C)CC1. The van der Waals surface area contributed by atoms with Gasteiger partial charge < -0.3 is 9.64 Å². The van der Waals surface area contributed by atoms with Crippen molar-refractivity contribution in [3.63, 3.8) is 0 Å². The average molecular weight is 593 g/mol. The molecule has 0 bridgehead atoms. The molecule has 2 aromatic carbocycles. The number of hydrogen-bond acceptors (Lipinski definition) is 7. The number of imide groups is 1. The summed E-state index contributed by atoms with van der Waals surface area (Å²) in [4.78, 5) is 42.4. The number of carbonyl (C=O) groups excluding carboxylic acids is 3. The minimum atomic E-state index is -4.57. The van der Waals surface area contributed by atoms with Crippen molar-refractivity contribution in [3.8, 4) is 0 Å². The first-order valence-corrected chi connectivity index (χ1v) is 13.5. The predicted octanol–water partition coefficient (Wildman–Crippen LogP) is 5.43. The van der Waals surface area contributed by atoms with Crippen LogP contribution in [0.3, 0.4) is 0 Å². The number of thioether (sulfide) groups is 1. The highest BCUT2D eigenvalue weighted by molar-refractivity contribution is 8.18. The highest BCUT2D eigenvalue weighted by Crippen LogP contribution is 2.42. The zero-order valence-corrected chi connectivity index (χ0v) is 23.1. The summed E-state index contributed by atoms with van der Waals surface area (Å²) in [6, 6.07) is 8.73. The third-order valence-electron chi connectivity index (χ3n) is 7.26. The number of fused-ring (bicyclic) bond motifs is 1. The van der Waals surface area contributed by atoms with Gasteiger partial charge >= 0.3 is 12.1 Å². The molecule has 0 spiro atoms. The van der Waals surface area contributed by atoms with Crippen LogP contribution < -0.4 is 0 Å². The molecule has 2 fully saturated rings. The van der Waals surface area contributed by atoms with Crippen molar-refractivity contribution in [1.82, 2.24) is 19.6 Å². The molecule has 0 aliphatic carbocycles. The first-order valence-electron chi connectivity index (χ1n) is 12.3. The van der Waals surface area contributed by atoms with E-state index in [9.17, 15) is 27.6 Å². The quantitative estimate of drug-likeness (QED) is 0.288. The molecule has 2 aliphatic rings. The average Bonchev–Trinajstić information content (AvgIpc) is 3.43. The van der Waals surface area contributed by atoms with Gasteiger partial charge in [0.15, 0.2) is 5.54 Å². The Labute approximate surface area is 236 Å². The molecule has 1 aromatic heterocycles. The second-order valence-corrected chi connectivity index (χ2v) is 11.2. The molecule has 2 aliphatic heterocycles. The summed E-state index contributed by atoms with van der Waals surface area (Å²) in [5.74, 6) is -1.18. The molecule has 210 valence electrons. The Bertz CT molecular complexity index is 1550. The van der Waals surface area contributed by atoms with Crippen LogP contribution in [0.1, 0.15) is 29.5 Å². The maximum atomic E-state index is 13.5. The number of piperidine rings is 1. The van der Waals surface area contributed by atoms with E-state index >= 15 is 0 Å². The number of rotatable bonds is 5. The number of esters is 1. The molecule has 0 unspecified atom stereocenters. The Morgan fingerprint density at radius 1 is 1.18 bits per heavy atom. The van der Waals surface area contributed by atoms with Gasteiger partial charge in [-0.1, -0.05) is 23.7 Å². The lowest BCUT2D eigenvalue weighted by molar-refractivity contribution is -0.160. The number of carbonyl (C=O) groups is 3. The Kier molecular flexibility index (Phi) is 7.45. The second-order valence-electron chi connectivity index (χ2n) is 9.76. The summed E-state index contributed by atoms with van der Waals surface area (Å²) in [7, 11) is 3.14. The number of aromatic nitrogens is 2. The van der Waals surface area contributed by atoms with Crippen LogP contribution in [0.5, 0.6) is 0 Å². The van der Waals surface area contributed by atoms with E-state index in [0.717, 1.165) is 22.7 Å². The summed E-state index contributed by atoms with van der Waals surface area (Å²) in [5.41, 5.74) is -0.988. The van der Waals surface area contributed by atoms with Crippen LogP contribution in [0, 0.1) is 0 Å². The van der Waals surface area contributed by atoms with Crippen molar-refractivity contribution in [3.05, 3.63) is 69.2 Å². The lowest BCUT2D eigenvalue weighted by Gasteiger charge is -2.42. The molecule has 2 amide bonds. The number of methoxy groups -OCH3 is 1. The van der Waals surface area contributed by atoms with Gasteiger partial charge in [0, 0.05) is 23.5 Å². The first kappa shape index (κ1) is 28.2. The van der Waals surface area contributed by atoms with Crippen molar-refractivity contribution < 1.29 is 32.3 Å². The molecule has 2 saturated heterocycles. The van der Waals surface area contributed by atoms with E-state index in [1.807, 2.05) is 11.9 Å². The summed E-state index contributed by atoms with van der Waals surface area (Å²) < 4.78 is 47.1. The lowest BCUT2D eigenvalue weighted by Crippen LogP contribution is -2.61. The van der Waals surface area contributed by atoms with Gasteiger partial charge in [0.1, 0.15) is 0 Å². The van der Waals surface area contributed by atoms with Gasteiger partial charge in [-0.2, -0.15) is 18.3 Å². The molecule has 0 radical (unpaired) electrons. The topological polar surface area (TPSA) is 84.7 Å². The number of amides is 2. The van der Waals surface area contributed by atoms with Crippen LogP contribution in [0.4, 0.5) is 18.0 Å². The molecule has 13 heteroatoms. The summed E-state index contributed by atoms with van der Waals surface area (Å²) in [6.07, 6.45) is -0.944. The molecule has 3 aromatic rings. The largest absolute Gasteiger partial charge is 0.467 e. The lowest BCUT2D eigenvalue weighted by atomic mass is 9.85. The summed E-state index contributed by atoms with van der Waals surface area (Å²) >= 11 is 6.55. The number of halogens is 4. The van der Waals surface area contributed by atoms with E-state index in [-0.39, 0.29) is 34.9 Å². The third-order valence-corrected chi connectivity index (χ3v) is 8.37. The maximum absolute atomic E-state index is 13.5. The zero-order valence-electron chi connectivity index (χ0n) is 21.5. The van der Waals surface area contributed by atoms with Gasteiger partial charge in [0.2, 0.25) is 0 Å². The minimum Gasteiger partial charge on any atom is -0.467 e. The fraction of sp³-hybridized carbons (Fsp3) is 0.333. The standard InChI is InChI=1S/C27H24ClF3N4O4S/c1-33-9-7-26(8-10-33,24(37)39-2)35-23(36)22(40-25(35)38)12-16-3-6-21-18(11-16)14-32-34(21)15-17-4-5-19(28)13-20(17)27(29,30)31/h3-6,11-14H,7-10,15H2,1-2H3/b22-12-. The van der Waals surface area contributed by atoms with E-state index in [1.165, 1.54) is 30.1 Å². The molecule has 0 atom stereocenters. The minimum absolute atomic E-state index is 0.0104. The Morgan fingerprint density at radius 2 is 1.90 bits per heavy atom. The summed E-state index contributed by atoms with van der Waals surface area (Å²) in [5, 5.41) is 4.35. The van der Waals surface area contributed by atoms with Gasteiger partial charge in [-0.15, -0.1) is 0 Å². The van der Waals surface area contributed by atoms with E-state index < -0.39 is 34.4 Å². The van der Waals surface area contributed by atoms with Gasteiger partial charge in [-0.3, -0.25) is 19.2 Å². The van der Waals surface area contributed by atoms with E-state index in [0.29, 0.717) is 29.6 Å². The van der Waals surface area contributed by atoms with E-state index in [2.05, 4.69) is 5.10 Å². The van der Waals surface area contributed by atoms with Gasteiger partial charge in [-0.05, 0) is 73.1 Å². The summed E-state index contributed by atoms with van der Waals surface area (Å²) in [6.45, 7) is 0.923. The highest BCUT2D eigenvalue weighted by Gasteiger charge is 2.55. The van der Waals surface area contributed by atoms with E-state index in [1.54, 1.807) is 24.3 Å². The van der Waals surface area contributed by atoms with Crippen molar-refractivity contribution in [2.24, 2.45) is 0 Å². The van der Waals surface area contributed by atoms with Crippen LogP contribution in [0.25, 0.3) is 17.0 Å². The Balaban J connectivity index is 1.42. The van der Waals surface area contributed by atoms with Gasteiger partial charge in [0.25, 0.3) is 11.1 Å². The zero-order chi connectivity index (χ0) is 28.8. The van der Waals surface area contributed by atoms with Crippen LogP contribution in [-0.2, 0) is 27.0 Å². The molecule has 0 saturated carbocycles. The van der Waals surface area contributed by atoms with Crippen molar-refractivity contribution in [2.45, 2.75) is 31.1 Å². The second kappa shape index (κ2) is 10.6. The van der Waals surface area contributed by atoms with Crippen LogP contribution in [-0.4, -0.2) is 69.5 Å². The molecule has 5 rings (SSSR count). The fourth-order valence-corrected chi connectivity index (χ4v) is 6.20. The number of likely N-dealkylation sites (tertiary alicyclic amines) is 1. The number of alkyl halides is 3. The molecule has 0 N–H and O–H groups in total. The van der Waals surface area contributed by atoms with Gasteiger partial charge in [0.05, 0.1) is 35.8 Å². The van der Waals surface area contributed by atoms with E-state index in [4.69, 9.17) is 16.3 Å². The Hall–Kier alpha value is -3.35. The van der Waals surface area contributed by atoms with Crippen LogP contribution in [0.2, 0.25) is 5.02 Å². The third kappa shape index (κ3) is 5.11. The van der Waals surface area contributed by atoms with Crippen LogP contribution in [0.15, 0.2) is 47.5 Å². The molecular formula is C27H24ClF3N4O4S. The van der Waals surface area contributed by atoms with Gasteiger partial charge in [-0.25, -0.2) is 4.79 Å². The molecule has 40 heavy (non-hydrogen) atoms. The first-order chi connectivity index (χ1) is 18.9.